The number of halogens is 3. The average molecular weight is 668 g/mol. The zero-order chi connectivity index (χ0) is 34.2. The van der Waals surface area contributed by atoms with E-state index in [0.717, 1.165) is 35.4 Å². The Kier molecular flexibility index (Phi) is 10.7. The summed E-state index contributed by atoms with van der Waals surface area (Å²) in [5.41, 5.74) is 12.1. The van der Waals surface area contributed by atoms with Crippen molar-refractivity contribution in [2.45, 2.75) is 32.7 Å². The Morgan fingerprint density at radius 1 is 0.714 bits per heavy atom. The molecule has 3 nitrogen and oxygen atoms in total. The molecule has 0 fully saturated rings. The van der Waals surface area contributed by atoms with Gasteiger partial charge in [-0.3, -0.25) is 4.98 Å². The second kappa shape index (κ2) is 15.7. The van der Waals surface area contributed by atoms with Crippen LogP contribution in [-0.4, -0.2) is 14.5 Å². The average Bonchev–Trinajstić information content (AvgIpc) is 3.75. The molecule has 244 valence electrons. The molecule has 1 aromatic heterocycles. The van der Waals surface area contributed by atoms with Crippen LogP contribution in [0, 0.1) is 25.5 Å². The van der Waals surface area contributed by atoms with Crippen molar-refractivity contribution in [3.05, 3.63) is 191 Å². The summed E-state index contributed by atoms with van der Waals surface area (Å²) >= 11 is 5.58. The zero-order valence-electron chi connectivity index (χ0n) is 27.5. The molecule has 0 atom stereocenters. The number of aromatic nitrogens is 3. The molecule has 6 heteroatoms. The van der Waals surface area contributed by atoms with Gasteiger partial charge in [0.2, 0.25) is 0 Å². The number of alkyl halides is 1. The smallest absolute Gasteiger partial charge is 0.132 e. The van der Waals surface area contributed by atoms with Crippen molar-refractivity contribution in [2.24, 2.45) is 0 Å². The Balaban J connectivity index is 0.000000143. The van der Waals surface area contributed by atoms with Gasteiger partial charge in [-0.1, -0.05) is 90.0 Å². The van der Waals surface area contributed by atoms with Gasteiger partial charge in [0.15, 0.2) is 0 Å². The van der Waals surface area contributed by atoms with Crippen LogP contribution >= 0.6 is 11.6 Å². The number of fused-ring (bicyclic) bond motifs is 2. The second-order valence-electron chi connectivity index (χ2n) is 12.1. The van der Waals surface area contributed by atoms with Crippen molar-refractivity contribution < 1.29 is 8.78 Å². The van der Waals surface area contributed by atoms with Crippen LogP contribution < -0.4 is 0 Å². The molecular formula is C43H36ClF2N3. The Morgan fingerprint density at radius 2 is 1.35 bits per heavy atom. The number of aryl methyl sites for hydroxylation is 2. The van der Waals surface area contributed by atoms with Gasteiger partial charge in [0.05, 0.1) is 11.4 Å². The lowest BCUT2D eigenvalue weighted by atomic mass is 10.0. The molecular weight excluding hydrogens is 632 g/mol. The third kappa shape index (κ3) is 8.56. The number of benzene rings is 4. The summed E-state index contributed by atoms with van der Waals surface area (Å²) in [5, 5.41) is 0. The van der Waals surface area contributed by atoms with Crippen molar-refractivity contribution in [3.63, 3.8) is 0 Å². The third-order valence-corrected chi connectivity index (χ3v) is 8.65. The molecule has 0 spiro atoms. The highest BCUT2D eigenvalue weighted by Gasteiger charge is 2.16. The number of pyridine rings is 2. The van der Waals surface area contributed by atoms with Crippen molar-refractivity contribution in [3.8, 4) is 22.5 Å². The maximum absolute atomic E-state index is 14.0. The van der Waals surface area contributed by atoms with Gasteiger partial charge in [0, 0.05) is 53.9 Å². The molecule has 3 heterocycles. The number of rotatable bonds is 5. The standard InChI is InChI=1S/C21H17FN2.C14H10FN.C8H9Cl/c1-15-6-8-16(9-7-15)13-24-11-10-20-17(14-24)12-21(23-20)18-4-2-3-5-19(18)22;15-14-4-2-1-3-13(14)11-7-10-5-6-16-9-12(10)8-11;1-7-2-4-8(6-9)5-3-7/h2-12,14H,13H2,1H3;1-6,8-9H,7H2;2-5H,6H2,1H3. The van der Waals surface area contributed by atoms with Gasteiger partial charge >= 0.3 is 0 Å². The molecule has 0 unspecified atom stereocenters. The van der Waals surface area contributed by atoms with Gasteiger partial charge in [-0.05, 0) is 90.6 Å². The van der Waals surface area contributed by atoms with E-state index in [4.69, 9.17) is 11.6 Å². The summed E-state index contributed by atoms with van der Waals surface area (Å²) in [6.45, 7) is 4.96. The van der Waals surface area contributed by atoms with Crippen LogP contribution in [0.5, 0.6) is 0 Å². The van der Waals surface area contributed by atoms with Crippen molar-refractivity contribution in [1.82, 2.24) is 14.5 Å². The molecule has 2 aliphatic heterocycles. The second-order valence-corrected chi connectivity index (χ2v) is 12.4. The SMILES string of the molecule is Cc1ccc(CCl)cc1.Cc1ccc(Cn2ccc3nc(-c4ccccc4F)cc-3c2)cc1.Fc1ccccc1C1=Cc2cnccc2C1. The van der Waals surface area contributed by atoms with E-state index in [2.05, 4.69) is 71.0 Å². The van der Waals surface area contributed by atoms with Gasteiger partial charge in [0.25, 0.3) is 0 Å². The molecule has 8 rings (SSSR count). The van der Waals surface area contributed by atoms with E-state index in [1.54, 1.807) is 24.4 Å². The molecule has 4 aromatic carbocycles. The number of nitrogens with zero attached hydrogens (tertiary/aromatic N) is 3. The Bertz CT molecular complexity index is 2150. The lowest BCUT2D eigenvalue weighted by Gasteiger charge is -2.09. The molecule has 0 radical (unpaired) electrons. The van der Waals surface area contributed by atoms with Gasteiger partial charge < -0.3 is 4.57 Å². The van der Waals surface area contributed by atoms with E-state index in [9.17, 15) is 8.78 Å². The van der Waals surface area contributed by atoms with Crippen molar-refractivity contribution in [1.29, 1.82) is 0 Å². The highest BCUT2D eigenvalue weighted by atomic mass is 35.5. The Morgan fingerprint density at radius 3 is 1.98 bits per heavy atom. The summed E-state index contributed by atoms with van der Waals surface area (Å²) in [7, 11) is 0. The first-order chi connectivity index (χ1) is 23.9. The van der Waals surface area contributed by atoms with Crippen LogP contribution in [-0.2, 0) is 18.8 Å². The quantitative estimate of drug-likeness (QED) is 0.171. The van der Waals surface area contributed by atoms with E-state index in [0.29, 0.717) is 22.7 Å². The Labute approximate surface area is 291 Å². The monoisotopic (exact) mass is 667 g/mol. The summed E-state index contributed by atoms with van der Waals surface area (Å²) in [6, 6.07) is 36.3. The zero-order valence-corrected chi connectivity index (χ0v) is 28.2. The molecule has 49 heavy (non-hydrogen) atoms. The summed E-state index contributed by atoms with van der Waals surface area (Å²) in [6.07, 6.45) is 10.5. The van der Waals surface area contributed by atoms with Gasteiger partial charge in [-0.25, -0.2) is 13.8 Å². The largest absolute Gasteiger partial charge is 0.349 e. The topological polar surface area (TPSA) is 30.7 Å². The van der Waals surface area contributed by atoms with E-state index in [1.807, 2.05) is 67.0 Å². The fraction of sp³-hybridized carbons (Fsp3) is 0.116. The lowest BCUT2D eigenvalue weighted by Crippen LogP contribution is -2.00. The lowest BCUT2D eigenvalue weighted by molar-refractivity contribution is 0.623. The minimum atomic E-state index is -0.243. The van der Waals surface area contributed by atoms with Crippen LogP contribution in [0.25, 0.3) is 34.2 Å². The number of hydrogen-bond acceptors (Lipinski definition) is 2. The van der Waals surface area contributed by atoms with Crippen LogP contribution in [0.4, 0.5) is 8.78 Å². The molecule has 3 aliphatic rings. The number of allylic oxidation sites excluding steroid dienone is 1. The summed E-state index contributed by atoms with van der Waals surface area (Å²) in [5.74, 6) is 0.211. The van der Waals surface area contributed by atoms with Gasteiger partial charge in [0.1, 0.15) is 11.6 Å². The molecule has 0 amide bonds. The van der Waals surface area contributed by atoms with Crippen LogP contribution in [0.3, 0.4) is 0 Å². The van der Waals surface area contributed by atoms with Crippen molar-refractivity contribution >= 4 is 23.3 Å². The predicted octanol–water partition coefficient (Wildman–Crippen LogP) is 11.2. The molecule has 5 aromatic rings. The normalized spacial score (nSPS) is 11.6. The van der Waals surface area contributed by atoms with E-state index in [-0.39, 0.29) is 11.6 Å². The van der Waals surface area contributed by atoms with Crippen LogP contribution in [0.2, 0.25) is 0 Å². The fourth-order valence-electron chi connectivity index (χ4n) is 5.62. The first kappa shape index (κ1) is 33.5. The molecule has 1 aliphatic carbocycles. The molecule has 0 bridgehead atoms. The maximum atomic E-state index is 14.0. The highest BCUT2D eigenvalue weighted by molar-refractivity contribution is 6.17. The fourth-order valence-corrected chi connectivity index (χ4v) is 5.80. The minimum Gasteiger partial charge on any atom is -0.349 e. The molecule has 0 saturated carbocycles. The van der Waals surface area contributed by atoms with E-state index in [1.165, 1.54) is 39.9 Å². The van der Waals surface area contributed by atoms with E-state index < -0.39 is 0 Å². The van der Waals surface area contributed by atoms with Gasteiger partial charge in [-0.15, -0.1) is 11.6 Å². The minimum absolute atomic E-state index is 0.158. The number of hydrogen-bond donors (Lipinski definition) is 0. The third-order valence-electron chi connectivity index (χ3n) is 8.34. The first-order valence-electron chi connectivity index (χ1n) is 16.1. The van der Waals surface area contributed by atoms with Crippen LogP contribution in [0.1, 0.15) is 38.9 Å². The van der Waals surface area contributed by atoms with Gasteiger partial charge in [-0.2, -0.15) is 0 Å². The molecule has 0 saturated heterocycles. The highest BCUT2D eigenvalue weighted by Crippen LogP contribution is 2.32. The maximum Gasteiger partial charge on any atom is 0.132 e. The first-order valence-corrected chi connectivity index (χ1v) is 16.7. The van der Waals surface area contributed by atoms with Crippen molar-refractivity contribution in [2.75, 3.05) is 0 Å². The predicted molar refractivity (Wildman–Crippen MR) is 197 cm³/mol. The Hall–Kier alpha value is -5.39. The summed E-state index contributed by atoms with van der Waals surface area (Å²) < 4.78 is 29.7. The molecule has 0 N–H and O–H groups in total. The van der Waals surface area contributed by atoms with E-state index >= 15 is 0 Å². The van der Waals surface area contributed by atoms with Crippen LogP contribution in [0.15, 0.2) is 140 Å². The summed E-state index contributed by atoms with van der Waals surface area (Å²) in [4.78, 5) is 8.62.